The monoisotopic (exact) mass is 232 g/mol. The Labute approximate surface area is 95.0 Å². The molecule has 88 valence electrons. The molecule has 0 radical (unpaired) electrons. The van der Waals surface area contributed by atoms with Crippen LogP contribution in [0.2, 0.25) is 0 Å². The van der Waals surface area contributed by atoms with E-state index in [1.165, 1.54) is 0 Å². The Morgan fingerprint density at radius 3 is 2.87 bits per heavy atom. The highest BCUT2D eigenvalue weighted by atomic mass is 32.2. The van der Waals surface area contributed by atoms with Crippen LogP contribution < -0.4 is 11.1 Å². The highest BCUT2D eigenvalue weighted by Crippen LogP contribution is 2.32. The van der Waals surface area contributed by atoms with Crippen molar-refractivity contribution in [2.45, 2.75) is 31.4 Å². The predicted octanol–water partition coefficient (Wildman–Crippen LogP) is -0.0461. The second-order valence-electron chi connectivity index (χ2n) is 4.04. The summed E-state index contributed by atoms with van der Waals surface area (Å²) in [4.78, 5) is 11.4. The normalized spacial score (nSPS) is 19.7. The van der Waals surface area contributed by atoms with Gasteiger partial charge in [0.15, 0.2) is 0 Å². The number of aliphatic hydroxyl groups is 1. The van der Waals surface area contributed by atoms with E-state index in [0.717, 1.165) is 18.6 Å². The first-order valence-corrected chi connectivity index (χ1v) is 6.74. The van der Waals surface area contributed by atoms with Gasteiger partial charge in [-0.25, -0.2) is 0 Å². The van der Waals surface area contributed by atoms with Crippen molar-refractivity contribution in [3.63, 3.8) is 0 Å². The molecule has 0 aromatic carbocycles. The van der Waals surface area contributed by atoms with E-state index in [2.05, 4.69) is 5.32 Å². The lowest BCUT2D eigenvalue weighted by atomic mass is 10.2. The van der Waals surface area contributed by atoms with Crippen molar-refractivity contribution in [2.75, 3.05) is 18.6 Å². The van der Waals surface area contributed by atoms with Crippen LogP contribution in [0.5, 0.6) is 0 Å². The first-order valence-electron chi connectivity index (χ1n) is 5.35. The number of carbonyl (C=O) groups is 1. The summed E-state index contributed by atoms with van der Waals surface area (Å²) in [5.74, 6) is 1.14. The van der Waals surface area contributed by atoms with Crippen molar-refractivity contribution >= 4 is 17.7 Å². The topological polar surface area (TPSA) is 75.4 Å². The van der Waals surface area contributed by atoms with Crippen LogP contribution in [0.1, 0.15) is 19.3 Å². The van der Waals surface area contributed by atoms with Crippen molar-refractivity contribution in [2.24, 2.45) is 11.7 Å². The summed E-state index contributed by atoms with van der Waals surface area (Å²) < 4.78 is 0. The van der Waals surface area contributed by atoms with Gasteiger partial charge < -0.3 is 16.2 Å². The lowest BCUT2D eigenvalue weighted by molar-refractivity contribution is -0.122. The van der Waals surface area contributed by atoms with Crippen LogP contribution in [-0.4, -0.2) is 41.7 Å². The Morgan fingerprint density at radius 2 is 2.33 bits per heavy atom. The molecule has 0 bridgehead atoms. The molecule has 1 amide bonds. The molecule has 5 heteroatoms. The van der Waals surface area contributed by atoms with E-state index in [1.807, 2.05) is 6.26 Å². The molecular formula is C10H20N2O2S. The molecule has 1 aliphatic carbocycles. The van der Waals surface area contributed by atoms with Crippen molar-refractivity contribution in [1.29, 1.82) is 0 Å². The van der Waals surface area contributed by atoms with Crippen molar-refractivity contribution < 1.29 is 9.90 Å². The average Bonchev–Trinajstić information content (AvgIpc) is 3.05. The van der Waals surface area contributed by atoms with Gasteiger partial charge in [-0.2, -0.15) is 11.8 Å². The number of rotatable bonds is 7. The second-order valence-corrected chi connectivity index (χ2v) is 5.02. The summed E-state index contributed by atoms with van der Waals surface area (Å²) in [6.07, 6.45) is 4.45. The van der Waals surface area contributed by atoms with Gasteiger partial charge in [0.05, 0.1) is 12.1 Å². The molecule has 1 fully saturated rings. The third-order valence-corrected chi connectivity index (χ3v) is 3.27. The zero-order chi connectivity index (χ0) is 11.3. The molecule has 1 saturated carbocycles. The standard InChI is InChI=1S/C10H20N2O2S/c1-15-5-4-8(11)10(14)12-6-9(13)7-2-3-7/h7-9,13H,2-6,11H2,1H3,(H,12,14)/t8-,9?/m1/s1. The molecule has 0 aliphatic heterocycles. The lowest BCUT2D eigenvalue weighted by Crippen LogP contribution is -2.44. The Balaban J connectivity index is 2.10. The summed E-state index contributed by atoms with van der Waals surface area (Å²) in [5, 5.41) is 12.2. The quantitative estimate of drug-likeness (QED) is 0.575. The van der Waals surface area contributed by atoms with E-state index in [1.54, 1.807) is 11.8 Å². The summed E-state index contributed by atoms with van der Waals surface area (Å²) in [6.45, 7) is 0.344. The molecule has 1 aliphatic rings. The molecule has 0 spiro atoms. The molecule has 4 nitrogen and oxygen atoms in total. The SMILES string of the molecule is CSCC[C@@H](N)C(=O)NCC(O)C1CC1. The molecular weight excluding hydrogens is 212 g/mol. The predicted molar refractivity (Wildman–Crippen MR) is 62.7 cm³/mol. The lowest BCUT2D eigenvalue weighted by Gasteiger charge is -2.14. The molecule has 0 heterocycles. The van der Waals surface area contributed by atoms with Gasteiger partial charge in [-0.15, -0.1) is 0 Å². The van der Waals surface area contributed by atoms with Gasteiger partial charge in [-0.3, -0.25) is 4.79 Å². The van der Waals surface area contributed by atoms with E-state index < -0.39 is 6.04 Å². The van der Waals surface area contributed by atoms with Crippen LogP contribution in [0.25, 0.3) is 0 Å². The largest absolute Gasteiger partial charge is 0.391 e. The van der Waals surface area contributed by atoms with E-state index in [-0.39, 0.29) is 12.0 Å². The minimum Gasteiger partial charge on any atom is -0.391 e. The number of aliphatic hydroxyl groups excluding tert-OH is 1. The number of hydrogen-bond acceptors (Lipinski definition) is 4. The Bertz CT molecular complexity index is 210. The molecule has 4 N–H and O–H groups in total. The van der Waals surface area contributed by atoms with Crippen LogP contribution in [0.3, 0.4) is 0 Å². The van der Waals surface area contributed by atoms with E-state index >= 15 is 0 Å². The summed E-state index contributed by atoms with van der Waals surface area (Å²) in [6, 6.07) is -0.441. The first-order chi connectivity index (χ1) is 7.15. The van der Waals surface area contributed by atoms with Crippen molar-refractivity contribution in [1.82, 2.24) is 5.32 Å². The maximum absolute atomic E-state index is 11.4. The number of amides is 1. The summed E-state index contributed by atoms with van der Waals surface area (Å²) >= 11 is 1.68. The third kappa shape index (κ3) is 4.86. The Hall–Kier alpha value is -0.260. The number of thioether (sulfide) groups is 1. The van der Waals surface area contributed by atoms with E-state index in [9.17, 15) is 9.90 Å². The average molecular weight is 232 g/mol. The van der Waals surface area contributed by atoms with Gasteiger partial charge in [0, 0.05) is 6.54 Å². The van der Waals surface area contributed by atoms with Gasteiger partial charge in [-0.05, 0) is 37.2 Å². The molecule has 0 aromatic heterocycles. The number of nitrogens with two attached hydrogens (primary N) is 1. The maximum Gasteiger partial charge on any atom is 0.237 e. The van der Waals surface area contributed by atoms with Gasteiger partial charge in [0.25, 0.3) is 0 Å². The highest BCUT2D eigenvalue weighted by Gasteiger charge is 2.29. The Morgan fingerprint density at radius 1 is 1.67 bits per heavy atom. The minimum atomic E-state index is -0.441. The molecule has 0 saturated heterocycles. The van der Waals surface area contributed by atoms with Crippen LogP contribution in [-0.2, 0) is 4.79 Å². The van der Waals surface area contributed by atoms with E-state index in [4.69, 9.17) is 5.73 Å². The zero-order valence-electron chi connectivity index (χ0n) is 9.11. The molecule has 1 unspecified atom stereocenters. The van der Waals surface area contributed by atoms with Gasteiger partial charge >= 0.3 is 0 Å². The zero-order valence-corrected chi connectivity index (χ0v) is 9.93. The number of carbonyl (C=O) groups excluding carboxylic acids is 1. The first kappa shape index (κ1) is 12.8. The fourth-order valence-corrected chi connectivity index (χ4v) is 1.85. The summed E-state index contributed by atoms with van der Waals surface area (Å²) in [5.41, 5.74) is 5.67. The molecule has 1 rings (SSSR count). The van der Waals surface area contributed by atoms with Crippen molar-refractivity contribution in [3.8, 4) is 0 Å². The molecule has 15 heavy (non-hydrogen) atoms. The number of hydrogen-bond donors (Lipinski definition) is 3. The van der Waals surface area contributed by atoms with E-state index in [0.29, 0.717) is 18.9 Å². The maximum atomic E-state index is 11.4. The van der Waals surface area contributed by atoms with Crippen molar-refractivity contribution in [3.05, 3.63) is 0 Å². The third-order valence-electron chi connectivity index (χ3n) is 2.62. The highest BCUT2D eigenvalue weighted by molar-refractivity contribution is 7.98. The van der Waals surface area contributed by atoms with Crippen LogP contribution in [0, 0.1) is 5.92 Å². The van der Waals surface area contributed by atoms with Gasteiger partial charge in [0.1, 0.15) is 0 Å². The van der Waals surface area contributed by atoms with Gasteiger partial charge in [0.2, 0.25) is 5.91 Å². The molecule has 2 atom stereocenters. The number of nitrogens with one attached hydrogen (secondary N) is 1. The van der Waals surface area contributed by atoms with Crippen LogP contribution >= 0.6 is 11.8 Å². The fourth-order valence-electron chi connectivity index (χ4n) is 1.36. The van der Waals surface area contributed by atoms with Crippen LogP contribution in [0.15, 0.2) is 0 Å². The summed E-state index contributed by atoms with van der Waals surface area (Å²) in [7, 11) is 0. The van der Waals surface area contributed by atoms with Crippen LogP contribution in [0.4, 0.5) is 0 Å². The molecule has 0 aromatic rings. The Kier molecular flexibility index (Phi) is 5.42. The van der Waals surface area contributed by atoms with Gasteiger partial charge in [-0.1, -0.05) is 0 Å². The minimum absolute atomic E-state index is 0.149. The second kappa shape index (κ2) is 6.35. The fraction of sp³-hybridized carbons (Fsp3) is 0.900. The smallest absolute Gasteiger partial charge is 0.237 e.